The summed E-state index contributed by atoms with van der Waals surface area (Å²) >= 11 is 0. The van der Waals surface area contributed by atoms with Gasteiger partial charge in [-0.1, -0.05) is 12.1 Å². The first-order valence-electron chi connectivity index (χ1n) is 5.58. The van der Waals surface area contributed by atoms with E-state index in [-0.39, 0.29) is 12.2 Å². The summed E-state index contributed by atoms with van der Waals surface area (Å²) in [5.41, 5.74) is 5.95. The summed E-state index contributed by atoms with van der Waals surface area (Å²) in [7, 11) is 0. The van der Waals surface area contributed by atoms with E-state index in [4.69, 9.17) is 5.73 Å². The van der Waals surface area contributed by atoms with Crippen LogP contribution in [-0.4, -0.2) is 4.98 Å². The number of nitrogens with zero attached hydrogens (tertiary/aromatic N) is 1. The molecule has 0 atom stereocenters. The summed E-state index contributed by atoms with van der Waals surface area (Å²) in [5.74, 6) is 0. The SMILES string of the molecule is Nc1cccnc1CNc1ccccc1C(F)(F)F. The minimum Gasteiger partial charge on any atom is -0.397 e. The fraction of sp³-hybridized carbons (Fsp3) is 0.154. The Hall–Kier alpha value is -2.24. The molecule has 0 aliphatic rings. The van der Waals surface area contributed by atoms with Crippen molar-refractivity contribution in [1.82, 2.24) is 4.98 Å². The summed E-state index contributed by atoms with van der Waals surface area (Å²) in [6, 6.07) is 8.62. The Kier molecular flexibility index (Phi) is 3.59. The molecule has 3 nitrogen and oxygen atoms in total. The van der Waals surface area contributed by atoms with E-state index in [9.17, 15) is 13.2 Å². The highest BCUT2D eigenvalue weighted by molar-refractivity contribution is 5.54. The maximum Gasteiger partial charge on any atom is 0.418 e. The zero-order valence-corrected chi connectivity index (χ0v) is 9.91. The molecule has 2 aromatic rings. The van der Waals surface area contributed by atoms with E-state index in [0.29, 0.717) is 11.4 Å². The van der Waals surface area contributed by atoms with Gasteiger partial charge in [0.05, 0.1) is 23.5 Å². The first-order valence-corrected chi connectivity index (χ1v) is 5.58. The maximum atomic E-state index is 12.8. The Morgan fingerprint density at radius 1 is 1.11 bits per heavy atom. The molecule has 0 spiro atoms. The minimum atomic E-state index is -4.39. The van der Waals surface area contributed by atoms with Crippen LogP contribution in [0.3, 0.4) is 0 Å². The summed E-state index contributed by atoms with van der Waals surface area (Å²) < 4.78 is 38.3. The molecule has 1 aromatic carbocycles. The van der Waals surface area contributed by atoms with Crippen molar-refractivity contribution >= 4 is 11.4 Å². The highest BCUT2D eigenvalue weighted by atomic mass is 19.4. The van der Waals surface area contributed by atoms with Gasteiger partial charge in [0, 0.05) is 11.9 Å². The normalized spacial score (nSPS) is 11.3. The van der Waals surface area contributed by atoms with Crippen LogP contribution in [0.15, 0.2) is 42.6 Å². The minimum absolute atomic E-state index is 0.0139. The zero-order valence-electron chi connectivity index (χ0n) is 9.91. The number of nitrogen functional groups attached to an aromatic ring is 1. The molecule has 3 N–H and O–H groups in total. The molecule has 0 amide bonds. The number of aromatic nitrogens is 1. The van der Waals surface area contributed by atoms with Gasteiger partial charge in [-0.05, 0) is 24.3 Å². The lowest BCUT2D eigenvalue weighted by Crippen LogP contribution is -2.11. The number of pyridine rings is 1. The van der Waals surface area contributed by atoms with Crippen LogP contribution in [0.25, 0.3) is 0 Å². The molecule has 0 saturated heterocycles. The molecule has 6 heteroatoms. The van der Waals surface area contributed by atoms with Crippen LogP contribution < -0.4 is 11.1 Å². The molecule has 1 aromatic heterocycles. The number of halogens is 3. The number of alkyl halides is 3. The topological polar surface area (TPSA) is 50.9 Å². The summed E-state index contributed by atoms with van der Waals surface area (Å²) in [6.45, 7) is 0.139. The number of para-hydroxylation sites is 1. The number of rotatable bonds is 3. The van der Waals surface area contributed by atoms with Crippen molar-refractivity contribution in [1.29, 1.82) is 0 Å². The third kappa shape index (κ3) is 3.15. The molecule has 0 fully saturated rings. The fourth-order valence-electron chi connectivity index (χ4n) is 1.66. The van der Waals surface area contributed by atoms with Crippen LogP contribution >= 0.6 is 0 Å². The fourth-order valence-corrected chi connectivity index (χ4v) is 1.66. The zero-order chi connectivity index (χ0) is 13.9. The van der Waals surface area contributed by atoms with Crippen molar-refractivity contribution in [3.05, 3.63) is 53.9 Å². The van der Waals surface area contributed by atoms with E-state index in [2.05, 4.69) is 10.3 Å². The first kappa shape index (κ1) is 13.2. The van der Waals surface area contributed by atoms with E-state index >= 15 is 0 Å². The van der Waals surface area contributed by atoms with E-state index < -0.39 is 11.7 Å². The van der Waals surface area contributed by atoms with Gasteiger partial charge >= 0.3 is 6.18 Å². The summed E-state index contributed by atoms with van der Waals surface area (Å²) in [5, 5.41) is 2.71. The standard InChI is InChI=1S/C13H12F3N3/c14-13(15,16)9-4-1-2-6-11(9)19-8-12-10(17)5-3-7-18-12/h1-7,19H,8,17H2. The van der Waals surface area contributed by atoms with E-state index in [1.165, 1.54) is 12.1 Å². The van der Waals surface area contributed by atoms with Crippen molar-refractivity contribution in [2.75, 3.05) is 11.1 Å². The summed E-state index contributed by atoms with van der Waals surface area (Å²) in [4.78, 5) is 4.02. The molecule has 0 radical (unpaired) electrons. The number of benzene rings is 1. The number of hydrogen-bond donors (Lipinski definition) is 2. The number of nitrogens with two attached hydrogens (primary N) is 1. The molecule has 2 rings (SSSR count). The Balaban J connectivity index is 2.19. The van der Waals surface area contributed by atoms with Gasteiger partial charge in [-0.3, -0.25) is 4.98 Å². The Morgan fingerprint density at radius 3 is 2.53 bits per heavy atom. The number of anilines is 2. The lowest BCUT2D eigenvalue weighted by molar-refractivity contribution is -0.136. The van der Waals surface area contributed by atoms with Gasteiger partial charge in [-0.25, -0.2) is 0 Å². The van der Waals surface area contributed by atoms with Crippen molar-refractivity contribution in [2.24, 2.45) is 0 Å². The second kappa shape index (κ2) is 5.17. The van der Waals surface area contributed by atoms with Crippen LogP contribution in [0.5, 0.6) is 0 Å². The quantitative estimate of drug-likeness (QED) is 0.897. The molecular weight excluding hydrogens is 255 g/mol. The molecular formula is C13H12F3N3. The second-order valence-electron chi connectivity index (χ2n) is 3.94. The third-order valence-electron chi connectivity index (χ3n) is 2.60. The van der Waals surface area contributed by atoms with Crippen molar-refractivity contribution in [3.63, 3.8) is 0 Å². The number of hydrogen-bond acceptors (Lipinski definition) is 3. The second-order valence-corrected chi connectivity index (χ2v) is 3.94. The first-order chi connectivity index (χ1) is 8.98. The Bertz CT molecular complexity index is 567. The van der Waals surface area contributed by atoms with Gasteiger partial charge in [-0.2, -0.15) is 13.2 Å². The molecule has 0 aliphatic carbocycles. The van der Waals surface area contributed by atoms with Crippen LogP contribution in [0, 0.1) is 0 Å². The van der Waals surface area contributed by atoms with Crippen LogP contribution in [-0.2, 0) is 12.7 Å². The van der Waals surface area contributed by atoms with Crippen molar-refractivity contribution in [3.8, 4) is 0 Å². The van der Waals surface area contributed by atoms with Gasteiger partial charge in [0.15, 0.2) is 0 Å². The van der Waals surface area contributed by atoms with Crippen molar-refractivity contribution < 1.29 is 13.2 Å². The molecule has 1 heterocycles. The van der Waals surface area contributed by atoms with Crippen molar-refractivity contribution in [2.45, 2.75) is 12.7 Å². The molecule has 19 heavy (non-hydrogen) atoms. The lowest BCUT2D eigenvalue weighted by atomic mass is 10.1. The van der Waals surface area contributed by atoms with Gasteiger partial charge in [-0.15, -0.1) is 0 Å². The highest BCUT2D eigenvalue weighted by Gasteiger charge is 2.33. The third-order valence-corrected chi connectivity index (χ3v) is 2.60. The largest absolute Gasteiger partial charge is 0.418 e. The van der Waals surface area contributed by atoms with E-state index in [0.717, 1.165) is 6.07 Å². The average molecular weight is 267 g/mol. The van der Waals surface area contributed by atoms with Gasteiger partial charge in [0.2, 0.25) is 0 Å². The Morgan fingerprint density at radius 2 is 1.84 bits per heavy atom. The van der Waals surface area contributed by atoms with E-state index in [1.807, 2.05) is 0 Å². The van der Waals surface area contributed by atoms with Gasteiger partial charge in [0.25, 0.3) is 0 Å². The molecule has 0 aliphatic heterocycles. The van der Waals surface area contributed by atoms with Crippen LogP contribution in [0.4, 0.5) is 24.5 Å². The van der Waals surface area contributed by atoms with E-state index in [1.54, 1.807) is 24.4 Å². The molecule has 0 bridgehead atoms. The predicted octanol–water partition coefficient (Wildman–Crippen LogP) is 3.29. The van der Waals surface area contributed by atoms with Crippen LogP contribution in [0.2, 0.25) is 0 Å². The van der Waals surface area contributed by atoms with Crippen LogP contribution in [0.1, 0.15) is 11.3 Å². The number of nitrogens with one attached hydrogen (secondary N) is 1. The molecule has 0 saturated carbocycles. The predicted molar refractivity (Wildman–Crippen MR) is 67.4 cm³/mol. The Labute approximate surface area is 108 Å². The monoisotopic (exact) mass is 267 g/mol. The highest BCUT2D eigenvalue weighted by Crippen LogP contribution is 2.34. The average Bonchev–Trinajstić information content (AvgIpc) is 2.37. The maximum absolute atomic E-state index is 12.8. The lowest BCUT2D eigenvalue weighted by Gasteiger charge is -2.14. The van der Waals surface area contributed by atoms with Gasteiger partial charge < -0.3 is 11.1 Å². The van der Waals surface area contributed by atoms with Gasteiger partial charge in [0.1, 0.15) is 0 Å². The summed E-state index contributed by atoms with van der Waals surface area (Å²) in [6.07, 6.45) is -2.84. The molecule has 0 unspecified atom stereocenters. The molecule has 100 valence electrons. The smallest absolute Gasteiger partial charge is 0.397 e.